The zero-order valence-electron chi connectivity index (χ0n) is 18.3. The van der Waals surface area contributed by atoms with Gasteiger partial charge in [0, 0.05) is 6.61 Å². The molecule has 2 saturated carbocycles. The lowest BCUT2D eigenvalue weighted by atomic mass is 9.65. The first-order valence-corrected chi connectivity index (χ1v) is 12.2. The molecule has 2 fully saturated rings. The highest BCUT2D eigenvalue weighted by Gasteiger charge is 2.38. The molecule has 0 saturated heterocycles. The Morgan fingerprint density at radius 3 is 2.55 bits per heavy atom. The summed E-state index contributed by atoms with van der Waals surface area (Å²) in [5.74, 6) is 0.987. The highest BCUT2D eigenvalue weighted by atomic mass is 19.2. The Hall–Kier alpha value is -0.960. The topological polar surface area (TPSA) is 9.23 Å². The van der Waals surface area contributed by atoms with Crippen LogP contribution in [0.4, 0.5) is 8.78 Å². The molecule has 0 amide bonds. The van der Waals surface area contributed by atoms with Crippen LogP contribution in [0.2, 0.25) is 0 Å². The summed E-state index contributed by atoms with van der Waals surface area (Å²) < 4.78 is 36.1. The van der Waals surface area contributed by atoms with Crippen molar-refractivity contribution in [3.8, 4) is 0 Å². The molecule has 0 N–H and O–H groups in total. The first-order chi connectivity index (χ1) is 14.1. The van der Waals surface area contributed by atoms with Gasteiger partial charge in [0.05, 0.1) is 6.10 Å². The average Bonchev–Trinajstić information content (AvgIpc) is 2.76. The standard InChI is InChI=1S/C26H38F2O/c1-3-5-12-29-22-11-10-18-14-20(9-8-19(18)15-22)24-16-21-7-6-17(4-2)13-23(21)25(27)26(24)28/h16-20,22H,3-15H2,1-2H3. The van der Waals surface area contributed by atoms with Crippen LogP contribution in [0.15, 0.2) is 6.07 Å². The van der Waals surface area contributed by atoms with E-state index in [0.717, 1.165) is 63.5 Å². The van der Waals surface area contributed by atoms with E-state index in [0.29, 0.717) is 41.4 Å². The predicted octanol–water partition coefficient (Wildman–Crippen LogP) is 7.35. The molecule has 0 bridgehead atoms. The van der Waals surface area contributed by atoms with Gasteiger partial charge in [0.1, 0.15) is 0 Å². The van der Waals surface area contributed by atoms with Gasteiger partial charge in [-0.05, 0) is 105 Å². The number of halogens is 2. The van der Waals surface area contributed by atoms with Gasteiger partial charge in [-0.25, -0.2) is 8.78 Å². The van der Waals surface area contributed by atoms with Gasteiger partial charge in [0.2, 0.25) is 0 Å². The molecular formula is C26H38F2O. The van der Waals surface area contributed by atoms with Crippen LogP contribution in [-0.2, 0) is 17.6 Å². The summed E-state index contributed by atoms with van der Waals surface area (Å²) in [6.45, 7) is 5.24. The van der Waals surface area contributed by atoms with Crippen molar-refractivity contribution in [3.05, 3.63) is 34.4 Å². The Morgan fingerprint density at radius 1 is 0.966 bits per heavy atom. The molecule has 5 atom stereocenters. The summed E-state index contributed by atoms with van der Waals surface area (Å²) in [7, 11) is 0. The Morgan fingerprint density at radius 2 is 1.76 bits per heavy atom. The van der Waals surface area contributed by atoms with Crippen LogP contribution in [-0.4, -0.2) is 12.7 Å². The molecule has 1 aromatic rings. The molecule has 162 valence electrons. The summed E-state index contributed by atoms with van der Waals surface area (Å²) in [6.07, 6.45) is 13.2. The van der Waals surface area contributed by atoms with E-state index in [4.69, 9.17) is 4.74 Å². The summed E-state index contributed by atoms with van der Waals surface area (Å²) in [5, 5.41) is 0. The van der Waals surface area contributed by atoms with Gasteiger partial charge in [0.25, 0.3) is 0 Å². The van der Waals surface area contributed by atoms with E-state index in [-0.39, 0.29) is 5.92 Å². The van der Waals surface area contributed by atoms with E-state index < -0.39 is 11.6 Å². The largest absolute Gasteiger partial charge is 0.378 e. The maximum Gasteiger partial charge on any atom is 0.162 e. The van der Waals surface area contributed by atoms with Crippen molar-refractivity contribution in [3.63, 3.8) is 0 Å². The van der Waals surface area contributed by atoms with Crippen molar-refractivity contribution in [2.75, 3.05) is 6.61 Å². The molecule has 3 heteroatoms. The third kappa shape index (κ3) is 4.55. The highest BCUT2D eigenvalue weighted by Crippen LogP contribution is 2.48. The summed E-state index contributed by atoms with van der Waals surface area (Å²) >= 11 is 0. The van der Waals surface area contributed by atoms with Crippen molar-refractivity contribution in [1.29, 1.82) is 0 Å². The smallest absolute Gasteiger partial charge is 0.162 e. The Bertz CT molecular complexity index is 700. The number of hydrogen-bond acceptors (Lipinski definition) is 1. The lowest BCUT2D eigenvalue weighted by molar-refractivity contribution is -0.0161. The molecule has 1 nitrogen and oxygen atoms in total. The molecule has 0 spiro atoms. The fourth-order valence-corrected chi connectivity index (χ4v) is 6.25. The Kier molecular flexibility index (Phi) is 6.94. The molecule has 4 rings (SSSR count). The first kappa shape index (κ1) is 21.3. The van der Waals surface area contributed by atoms with Crippen LogP contribution in [0.1, 0.15) is 101 Å². The minimum Gasteiger partial charge on any atom is -0.378 e. The first-order valence-electron chi connectivity index (χ1n) is 12.2. The van der Waals surface area contributed by atoms with E-state index in [2.05, 4.69) is 13.8 Å². The second-order valence-electron chi connectivity index (χ2n) is 9.94. The SMILES string of the molecule is CCCCOC1CCC2CC(c3cc4c(c(F)c3F)CC(CC)CC4)CCC2C1. The van der Waals surface area contributed by atoms with Crippen molar-refractivity contribution < 1.29 is 13.5 Å². The number of ether oxygens (including phenoxy) is 1. The fraction of sp³-hybridized carbons (Fsp3) is 0.769. The van der Waals surface area contributed by atoms with E-state index in [1.807, 2.05) is 6.07 Å². The van der Waals surface area contributed by atoms with Gasteiger partial charge in [-0.1, -0.05) is 32.8 Å². The molecule has 0 heterocycles. The number of hydrogen-bond donors (Lipinski definition) is 0. The molecule has 3 aliphatic carbocycles. The van der Waals surface area contributed by atoms with Gasteiger partial charge < -0.3 is 4.74 Å². The maximum atomic E-state index is 15.1. The van der Waals surface area contributed by atoms with E-state index in [1.165, 1.54) is 19.3 Å². The third-order valence-electron chi connectivity index (χ3n) is 8.18. The normalized spacial score (nSPS) is 31.9. The number of fused-ring (bicyclic) bond motifs is 2. The number of benzene rings is 1. The predicted molar refractivity (Wildman–Crippen MR) is 114 cm³/mol. The van der Waals surface area contributed by atoms with Crippen molar-refractivity contribution in [2.24, 2.45) is 17.8 Å². The van der Waals surface area contributed by atoms with Gasteiger partial charge in [0.15, 0.2) is 11.6 Å². The Balaban J connectivity index is 1.43. The summed E-state index contributed by atoms with van der Waals surface area (Å²) in [5.41, 5.74) is 2.43. The van der Waals surface area contributed by atoms with Gasteiger partial charge in [-0.15, -0.1) is 0 Å². The van der Waals surface area contributed by atoms with E-state index in [9.17, 15) is 4.39 Å². The minimum atomic E-state index is -0.541. The van der Waals surface area contributed by atoms with Gasteiger partial charge in [-0.2, -0.15) is 0 Å². The van der Waals surface area contributed by atoms with Crippen molar-refractivity contribution in [1.82, 2.24) is 0 Å². The zero-order valence-corrected chi connectivity index (χ0v) is 18.3. The quantitative estimate of drug-likeness (QED) is 0.450. The van der Waals surface area contributed by atoms with Gasteiger partial charge >= 0.3 is 0 Å². The molecule has 3 aliphatic rings. The number of unbranched alkanes of at least 4 members (excludes halogenated alkanes) is 1. The van der Waals surface area contributed by atoms with Crippen molar-refractivity contribution >= 4 is 0 Å². The number of rotatable bonds is 6. The van der Waals surface area contributed by atoms with Crippen LogP contribution < -0.4 is 0 Å². The van der Waals surface area contributed by atoms with E-state index in [1.54, 1.807) is 0 Å². The van der Waals surface area contributed by atoms with Crippen LogP contribution in [0.25, 0.3) is 0 Å². The van der Waals surface area contributed by atoms with Crippen molar-refractivity contribution in [2.45, 2.75) is 103 Å². The monoisotopic (exact) mass is 404 g/mol. The van der Waals surface area contributed by atoms with Crippen LogP contribution in [0.3, 0.4) is 0 Å². The molecule has 0 aliphatic heterocycles. The fourth-order valence-electron chi connectivity index (χ4n) is 6.25. The molecule has 0 radical (unpaired) electrons. The lowest BCUT2D eigenvalue weighted by Crippen LogP contribution is -2.34. The molecule has 5 unspecified atom stereocenters. The molecular weight excluding hydrogens is 366 g/mol. The lowest BCUT2D eigenvalue weighted by Gasteiger charge is -2.42. The van der Waals surface area contributed by atoms with Crippen LogP contribution in [0.5, 0.6) is 0 Å². The van der Waals surface area contributed by atoms with Crippen LogP contribution >= 0.6 is 0 Å². The second kappa shape index (κ2) is 9.45. The molecule has 0 aromatic heterocycles. The summed E-state index contributed by atoms with van der Waals surface area (Å²) in [6, 6.07) is 2.05. The Labute approximate surface area is 175 Å². The maximum absolute atomic E-state index is 15.1. The highest BCUT2D eigenvalue weighted by molar-refractivity contribution is 5.38. The third-order valence-corrected chi connectivity index (χ3v) is 8.18. The van der Waals surface area contributed by atoms with E-state index >= 15 is 4.39 Å². The zero-order chi connectivity index (χ0) is 20.4. The van der Waals surface area contributed by atoms with Gasteiger partial charge in [-0.3, -0.25) is 0 Å². The van der Waals surface area contributed by atoms with Crippen LogP contribution in [0, 0.1) is 29.4 Å². The number of aryl methyl sites for hydroxylation is 1. The second-order valence-corrected chi connectivity index (χ2v) is 9.94. The summed E-state index contributed by atoms with van der Waals surface area (Å²) in [4.78, 5) is 0. The molecule has 29 heavy (non-hydrogen) atoms. The average molecular weight is 405 g/mol. The molecule has 1 aromatic carbocycles. The minimum absolute atomic E-state index is 0.192.